The van der Waals surface area contributed by atoms with Gasteiger partial charge in [-0.3, -0.25) is 9.59 Å². The number of morpholine rings is 1. The van der Waals surface area contributed by atoms with Gasteiger partial charge < -0.3 is 20.3 Å². The molecule has 2 amide bonds. The van der Waals surface area contributed by atoms with Crippen LogP contribution >= 0.6 is 0 Å². The molecule has 1 aliphatic carbocycles. The van der Waals surface area contributed by atoms with Crippen LogP contribution in [0.15, 0.2) is 0 Å². The predicted molar refractivity (Wildman–Crippen MR) is 103 cm³/mol. The van der Waals surface area contributed by atoms with Gasteiger partial charge in [-0.2, -0.15) is 13.2 Å². The van der Waals surface area contributed by atoms with Gasteiger partial charge in [0.25, 0.3) is 0 Å². The van der Waals surface area contributed by atoms with E-state index < -0.39 is 17.9 Å². The van der Waals surface area contributed by atoms with Crippen LogP contribution < -0.4 is 5.73 Å². The Labute approximate surface area is 177 Å². The third-order valence-electron chi connectivity index (χ3n) is 5.86. The highest BCUT2D eigenvalue weighted by molar-refractivity contribution is 5.79. The lowest BCUT2D eigenvalue weighted by Crippen LogP contribution is -2.51. The molecule has 2 fully saturated rings. The number of nitrogens with two attached hydrogens (primary N) is 1. The largest absolute Gasteiger partial charge is 0.433 e. The standard InChI is InChI=1S/C20H26F3N5O3/c1-11-7-28(17(30)10-31-11)8-13(24)6-16(29)27-5-4-14-15(9-27)25-19(12-2-3-12)26-18(14)20(21,22)23/h11-13H,2-10,24H2,1H3/t11-,13-/m0/s1. The van der Waals surface area contributed by atoms with Crippen LogP contribution in [0.1, 0.15) is 54.9 Å². The first kappa shape index (κ1) is 21.9. The number of carbonyl (C=O) groups is 2. The molecule has 0 aromatic carbocycles. The third-order valence-corrected chi connectivity index (χ3v) is 5.86. The number of halogens is 3. The highest BCUT2D eigenvalue weighted by atomic mass is 19.4. The number of fused-ring (bicyclic) bond motifs is 1. The summed E-state index contributed by atoms with van der Waals surface area (Å²) in [5.74, 6) is -0.236. The molecule has 0 spiro atoms. The van der Waals surface area contributed by atoms with Crippen molar-refractivity contribution in [2.45, 2.75) is 63.4 Å². The van der Waals surface area contributed by atoms with Crippen LogP contribution in [-0.2, 0) is 33.5 Å². The quantitative estimate of drug-likeness (QED) is 0.738. The summed E-state index contributed by atoms with van der Waals surface area (Å²) in [6.07, 6.45) is -3.02. The Balaban J connectivity index is 1.42. The molecule has 0 unspecified atom stereocenters. The van der Waals surface area contributed by atoms with Gasteiger partial charge in [-0.1, -0.05) is 0 Å². The number of hydrogen-bond acceptors (Lipinski definition) is 6. The summed E-state index contributed by atoms with van der Waals surface area (Å²) >= 11 is 0. The second-order valence-electron chi connectivity index (χ2n) is 8.58. The first-order valence-electron chi connectivity index (χ1n) is 10.5. The fraction of sp³-hybridized carbons (Fsp3) is 0.700. The Bertz CT molecular complexity index is 874. The van der Waals surface area contributed by atoms with Crippen molar-refractivity contribution >= 4 is 11.8 Å². The van der Waals surface area contributed by atoms with E-state index in [-0.39, 0.29) is 80.0 Å². The lowest BCUT2D eigenvalue weighted by atomic mass is 10.0. The van der Waals surface area contributed by atoms with Crippen molar-refractivity contribution in [1.29, 1.82) is 0 Å². The first-order valence-corrected chi connectivity index (χ1v) is 10.5. The molecule has 3 aliphatic rings. The molecule has 11 heteroatoms. The molecule has 4 rings (SSSR count). The van der Waals surface area contributed by atoms with Gasteiger partial charge in [-0.15, -0.1) is 0 Å². The zero-order valence-electron chi connectivity index (χ0n) is 17.3. The van der Waals surface area contributed by atoms with E-state index in [4.69, 9.17) is 10.5 Å². The summed E-state index contributed by atoms with van der Waals surface area (Å²) in [4.78, 5) is 36.0. The van der Waals surface area contributed by atoms with Gasteiger partial charge >= 0.3 is 6.18 Å². The van der Waals surface area contributed by atoms with Crippen molar-refractivity contribution in [2.24, 2.45) is 5.73 Å². The summed E-state index contributed by atoms with van der Waals surface area (Å²) < 4.78 is 45.8. The highest BCUT2D eigenvalue weighted by Crippen LogP contribution is 2.41. The first-order chi connectivity index (χ1) is 14.6. The van der Waals surface area contributed by atoms with Crippen LogP contribution in [0.4, 0.5) is 13.2 Å². The van der Waals surface area contributed by atoms with Crippen molar-refractivity contribution < 1.29 is 27.5 Å². The van der Waals surface area contributed by atoms with Gasteiger partial charge in [0.1, 0.15) is 12.4 Å². The molecule has 1 saturated carbocycles. The Hall–Kier alpha value is -2.27. The van der Waals surface area contributed by atoms with Crippen molar-refractivity contribution in [3.63, 3.8) is 0 Å². The average Bonchev–Trinajstić information content (AvgIpc) is 3.54. The average molecular weight is 441 g/mol. The molecular weight excluding hydrogens is 415 g/mol. The molecule has 0 bridgehead atoms. The van der Waals surface area contributed by atoms with E-state index in [1.54, 1.807) is 4.90 Å². The number of rotatable bonds is 5. The summed E-state index contributed by atoms with van der Waals surface area (Å²) in [7, 11) is 0. The number of carbonyl (C=O) groups excluding carboxylic acids is 2. The molecule has 0 radical (unpaired) electrons. The number of hydrogen-bond donors (Lipinski definition) is 1. The van der Waals surface area contributed by atoms with Gasteiger partial charge in [0.15, 0.2) is 5.69 Å². The number of nitrogens with zero attached hydrogens (tertiary/aromatic N) is 4. The summed E-state index contributed by atoms with van der Waals surface area (Å²) in [5.41, 5.74) is 5.59. The lowest BCUT2D eigenvalue weighted by Gasteiger charge is -2.34. The highest BCUT2D eigenvalue weighted by Gasteiger charge is 2.41. The fourth-order valence-corrected chi connectivity index (χ4v) is 4.07. The van der Waals surface area contributed by atoms with Crippen LogP contribution in [0.5, 0.6) is 0 Å². The maximum atomic E-state index is 13.5. The Morgan fingerprint density at radius 2 is 2.06 bits per heavy atom. The number of amides is 2. The summed E-state index contributed by atoms with van der Waals surface area (Å²) in [6, 6.07) is -0.568. The topological polar surface area (TPSA) is 102 Å². The SMILES string of the molecule is C[C@H]1CN(C[C@@H](N)CC(=O)N2CCc3c(nc(C4CC4)nc3C(F)(F)F)C2)C(=O)CO1. The second-order valence-corrected chi connectivity index (χ2v) is 8.58. The normalized spacial score (nSPS) is 23.0. The Kier molecular flexibility index (Phi) is 5.91. The Morgan fingerprint density at radius 1 is 1.32 bits per heavy atom. The lowest BCUT2D eigenvalue weighted by molar-refractivity contribution is -0.148. The van der Waals surface area contributed by atoms with E-state index in [9.17, 15) is 22.8 Å². The predicted octanol–water partition coefficient (Wildman–Crippen LogP) is 1.22. The minimum atomic E-state index is -4.55. The van der Waals surface area contributed by atoms with Gasteiger partial charge in [0.2, 0.25) is 11.8 Å². The summed E-state index contributed by atoms with van der Waals surface area (Å²) in [6.45, 7) is 2.67. The molecule has 2 aliphatic heterocycles. The number of aromatic nitrogens is 2. The molecule has 31 heavy (non-hydrogen) atoms. The maximum absolute atomic E-state index is 13.5. The van der Waals surface area contributed by atoms with Gasteiger partial charge in [0, 0.05) is 43.6 Å². The molecule has 170 valence electrons. The van der Waals surface area contributed by atoms with Crippen molar-refractivity contribution in [1.82, 2.24) is 19.8 Å². The van der Waals surface area contributed by atoms with Gasteiger partial charge in [-0.25, -0.2) is 9.97 Å². The molecule has 8 nitrogen and oxygen atoms in total. The van der Waals surface area contributed by atoms with Crippen LogP contribution in [0.25, 0.3) is 0 Å². The van der Waals surface area contributed by atoms with E-state index in [0.717, 1.165) is 12.8 Å². The Morgan fingerprint density at radius 3 is 2.74 bits per heavy atom. The van der Waals surface area contributed by atoms with Crippen LogP contribution in [0.2, 0.25) is 0 Å². The van der Waals surface area contributed by atoms with E-state index in [0.29, 0.717) is 6.54 Å². The molecule has 3 heterocycles. The van der Waals surface area contributed by atoms with Crippen molar-refractivity contribution in [2.75, 3.05) is 26.2 Å². The molecule has 2 N–H and O–H groups in total. The monoisotopic (exact) mass is 441 g/mol. The van der Waals surface area contributed by atoms with Crippen LogP contribution in [0, 0.1) is 0 Å². The van der Waals surface area contributed by atoms with E-state index in [1.165, 1.54) is 4.90 Å². The number of alkyl halides is 3. The van der Waals surface area contributed by atoms with Gasteiger partial charge in [-0.05, 0) is 26.2 Å². The zero-order chi connectivity index (χ0) is 22.3. The zero-order valence-corrected chi connectivity index (χ0v) is 17.3. The molecule has 2 atom stereocenters. The minimum absolute atomic E-state index is 0.00104. The smallest absolute Gasteiger partial charge is 0.367 e. The minimum Gasteiger partial charge on any atom is -0.367 e. The number of ether oxygens (including phenoxy) is 1. The molecular formula is C20H26F3N5O3. The van der Waals surface area contributed by atoms with Crippen LogP contribution in [0.3, 0.4) is 0 Å². The molecule has 1 saturated heterocycles. The summed E-state index contributed by atoms with van der Waals surface area (Å²) in [5, 5.41) is 0. The maximum Gasteiger partial charge on any atom is 0.433 e. The van der Waals surface area contributed by atoms with Crippen molar-refractivity contribution in [3.8, 4) is 0 Å². The second kappa shape index (κ2) is 8.34. The third kappa shape index (κ3) is 4.98. The molecule has 1 aromatic rings. The molecule has 1 aromatic heterocycles. The van der Waals surface area contributed by atoms with E-state index in [2.05, 4.69) is 9.97 Å². The van der Waals surface area contributed by atoms with Crippen molar-refractivity contribution in [3.05, 3.63) is 22.8 Å². The fourth-order valence-electron chi connectivity index (χ4n) is 4.07. The van der Waals surface area contributed by atoms with Crippen LogP contribution in [-0.4, -0.2) is 70.0 Å². The van der Waals surface area contributed by atoms with E-state index >= 15 is 0 Å². The van der Waals surface area contributed by atoms with E-state index in [1.807, 2.05) is 6.92 Å². The van der Waals surface area contributed by atoms with Gasteiger partial charge in [0.05, 0.1) is 18.3 Å².